The maximum absolute atomic E-state index is 13.1. The lowest BCUT2D eigenvalue weighted by atomic mass is 10.0. The lowest BCUT2D eigenvalue weighted by Gasteiger charge is -2.36. The summed E-state index contributed by atoms with van der Waals surface area (Å²) in [6.45, 7) is 4.91. The minimum atomic E-state index is -4.46. The first-order valence-corrected chi connectivity index (χ1v) is 11.8. The highest BCUT2D eigenvalue weighted by Crippen LogP contribution is 2.30. The molecule has 0 radical (unpaired) electrons. The van der Waals surface area contributed by atoms with Gasteiger partial charge in [0.2, 0.25) is 11.8 Å². The number of hydrogen-bond donors (Lipinski definition) is 2. The van der Waals surface area contributed by atoms with Gasteiger partial charge in [-0.3, -0.25) is 9.59 Å². The number of amides is 4. The topological polar surface area (TPSA) is 85.0 Å². The van der Waals surface area contributed by atoms with Crippen LogP contribution < -0.4 is 20.4 Å². The molecule has 2 aliphatic rings. The minimum absolute atomic E-state index is 0.0739. The van der Waals surface area contributed by atoms with Gasteiger partial charge in [0.25, 0.3) is 0 Å². The van der Waals surface area contributed by atoms with Gasteiger partial charge in [-0.1, -0.05) is 0 Å². The van der Waals surface area contributed by atoms with Gasteiger partial charge in [0, 0.05) is 56.7 Å². The molecule has 0 aliphatic carbocycles. The Balaban J connectivity index is 1.33. The average Bonchev–Trinajstić information content (AvgIpc) is 2.85. The molecule has 2 fully saturated rings. The molecule has 4 amide bonds. The molecule has 2 N–H and O–H groups in total. The largest absolute Gasteiger partial charge is 0.416 e. The number of benzene rings is 2. The molecule has 192 valence electrons. The molecular formula is C25H28F3N5O3. The summed E-state index contributed by atoms with van der Waals surface area (Å²) in [6, 6.07) is 10.3. The fourth-order valence-electron chi connectivity index (χ4n) is 4.46. The number of anilines is 3. The van der Waals surface area contributed by atoms with Crippen LogP contribution in [0.15, 0.2) is 48.5 Å². The van der Waals surface area contributed by atoms with Crippen LogP contribution in [0.1, 0.15) is 25.3 Å². The van der Waals surface area contributed by atoms with Crippen LogP contribution in [-0.4, -0.2) is 61.5 Å². The summed E-state index contributed by atoms with van der Waals surface area (Å²) in [5.74, 6) is -0.170. The fraction of sp³-hybridized carbons (Fsp3) is 0.400. The summed E-state index contributed by atoms with van der Waals surface area (Å²) in [6.07, 6.45) is -3.30. The molecule has 0 bridgehead atoms. The third-order valence-electron chi connectivity index (χ3n) is 6.47. The van der Waals surface area contributed by atoms with E-state index in [2.05, 4.69) is 15.5 Å². The smallest absolute Gasteiger partial charge is 0.368 e. The van der Waals surface area contributed by atoms with Gasteiger partial charge in [-0.05, 0) is 61.4 Å². The van der Waals surface area contributed by atoms with E-state index in [1.165, 1.54) is 12.1 Å². The van der Waals surface area contributed by atoms with Crippen LogP contribution in [0.5, 0.6) is 0 Å². The van der Waals surface area contributed by atoms with Crippen LogP contribution in [-0.2, 0) is 15.8 Å². The number of carbonyl (C=O) groups excluding carboxylic acids is 3. The number of urea groups is 1. The molecule has 0 spiro atoms. The number of rotatable bonds is 4. The molecule has 8 nitrogen and oxygen atoms in total. The molecule has 2 heterocycles. The lowest BCUT2D eigenvalue weighted by Crippen LogP contribution is -2.53. The van der Waals surface area contributed by atoms with Crippen molar-refractivity contribution in [1.82, 2.24) is 10.2 Å². The maximum atomic E-state index is 13.1. The Bertz CT molecular complexity index is 1100. The standard InChI is InChI=1S/C25H28F3N5O3/c1-17(34)31-13-15-32(16-14-31)20-8-10-21(11-9-20)33-12-2-3-22(23(33)35)30-24(36)29-19-6-4-18(5-7-19)25(26,27)28/h4-11,22H,2-3,12-16H2,1H3,(H2,29,30,36)/t22-/m1/s1. The van der Waals surface area contributed by atoms with Crippen LogP contribution in [0.2, 0.25) is 0 Å². The molecule has 2 aromatic rings. The van der Waals surface area contributed by atoms with E-state index in [4.69, 9.17) is 0 Å². The van der Waals surface area contributed by atoms with Gasteiger partial charge in [0.15, 0.2) is 0 Å². The van der Waals surface area contributed by atoms with Crippen molar-refractivity contribution in [3.05, 3.63) is 54.1 Å². The minimum Gasteiger partial charge on any atom is -0.368 e. The summed E-state index contributed by atoms with van der Waals surface area (Å²) in [4.78, 5) is 42.6. The van der Waals surface area contributed by atoms with E-state index < -0.39 is 23.8 Å². The summed E-state index contributed by atoms with van der Waals surface area (Å²) in [5, 5.41) is 5.11. The van der Waals surface area contributed by atoms with E-state index in [1.807, 2.05) is 29.2 Å². The average molecular weight is 504 g/mol. The van der Waals surface area contributed by atoms with Crippen LogP contribution >= 0.6 is 0 Å². The summed E-state index contributed by atoms with van der Waals surface area (Å²) < 4.78 is 38.1. The number of nitrogens with zero attached hydrogens (tertiary/aromatic N) is 3. The summed E-state index contributed by atoms with van der Waals surface area (Å²) in [7, 11) is 0. The highest BCUT2D eigenvalue weighted by Gasteiger charge is 2.32. The monoisotopic (exact) mass is 503 g/mol. The first-order valence-electron chi connectivity index (χ1n) is 11.8. The van der Waals surface area contributed by atoms with Crippen molar-refractivity contribution >= 4 is 34.9 Å². The van der Waals surface area contributed by atoms with Gasteiger partial charge >= 0.3 is 12.2 Å². The molecule has 0 aromatic heterocycles. The Morgan fingerprint density at radius 2 is 1.50 bits per heavy atom. The highest BCUT2D eigenvalue weighted by molar-refractivity contribution is 6.01. The summed E-state index contributed by atoms with van der Waals surface area (Å²) in [5.41, 5.74) is 1.12. The molecular weight excluding hydrogens is 475 g/mol. The van der Waals surface area contributed by atoms with Crippen molar-refractivity contribution in [1.29, 1.82) is 0 Å². The Morgan fingerprint density at radius 3 is 2.08 bits per heavy atom. The SMILES string of the molecule is CC(=O)N1CCN(c2ccc(N3CCC[C@@H](NC(=O)Nc4ccc(C(F)(F)F)cc4)C3=O)cc2)CC1. The zero-order valence-corrected chi connectivity index (χ0v) is 19.8. The molecule has 0 unspecified atom stereocenters. The van der Waals surface area contributed by atoms with Gasteiger partial charge in [-0.2, -0.15) is 13.2 Å². The number of piperazine rings is 1. The zero-order valence-electron chi connectivity index (χ0n) is 19.8. The predicted octanol–water partition coefficient (Wildman–Crippen LogP) is 3.69. The van der Waals surface area contributed by atoms with Crippen molar-refractivity contribution in [2.75, 3.05) is 47.8 Å². The first-order chi connectivity index (χ1) is 17.1. The highest BCUT2D eigenvalue weighted by atomic mass is 19.4. The zero-order chi connectivity index (χ0) is 25.9. The summed E-state index contributed by atoms with van der Waals surface area (Å²) >= 11 is 0. The van der Waals surface area contributed by atoms with E-state index in [0.29, 0.717) is 32.5 Å². The molecule has 2 aliphatic heterocycles. The van der Waals surface area contributed by atoms with Crippen molar-refractivity contribution < 1.29 is 27.6 Å². The van der Waals surface area contributed by atoms with Gasteiger partial charge in [-0.15, -0.1) is 0 Å². The van der Waals surface area contributed by atoms with E-state index in [1.54, 1.807) is 11.8 Å². The van der Waals surface area contributed by atoms with Gasteiger partial charge in [0.1, 0.15) is 6.04 Å². The van der Waals surface area contributed by atoms with E-state index in [0.717, 1.165) is 36.6 Å². The fourth-order valence-corrected chi connectivity index (χ4v) is 4.46. The van der Waals surface area contributed by atoms with Gasteiger partial charge < -0.3 is 25.3 Å². The van der Waals surface area contributed by atoms with E-state index in [-0.39, 0.29) is 17.5 Å². The van der Waals surface area contributed by atoms with Crippen molar-refractivity contribution in [2.24, 2.45) is 0 Å². The number of halogens is 3. The molecule has 2 saturated heterocycles. The third-order valence-corrected chi connectivity index (χ3v) is 6.47. The molecule has 4 rings (SSSR count). The second-order valence-electron chi connectivity index (χ2n) is 8.87. The maximum Gasteiger partial charge on any atom is 0.416 e. The second kappa shape index (κ2) is 10.5. The number of hydrogen-bond acceptors (Lipinski definition) is 4. The van der Waals surface area contributed by atoms with Crippen LogP contribution in [0.4, 0.5) is 35.0 Å². The number of piperidine rings is 1. The quantitative estimate of drug-likeness (QED) is 0.667. The Kier molecular flexibility index (Phi) is 7.37. The number of nitrogens with one attached hydrogen (secondary N) is 2. The lowest BCUT2D eigenvalue weighted by molar-refractivity contribution is -0.137. The van der Waals surface area contributed by atoms with Crippen LogP contribution in [0.3, 0.4) is 0 Å². The van der Waals surface area contributed by atoms with Gasteiger partial charge in [-0.25, -0.2) is 4.79 Å². The molecule has 0 saturated carbocycles. The number of alkyl halides is 3. The van der Waals surface area contributed by atoms with E-state index in [9.17, 15) is 27.6 Å². The molecule has 11 heteroatoms. The third kappa shape index (κ3) is 5.89. The molecule has 36 heavy (non-hydrogen) atoms. The number of carbonyl (C=O) groups is 3. The Hall–Kier alpha value is -3.76. The van der Waals surface area contributed by atoms with Crippen LogP contribution in [0, 0.1) is 0 Å². The first kappa shape index (κ1) is 25.3. The molecule has 1 atom stereocenters. The Labute approximate surface area is 207 Å². The van der Waals surface area contributed by atoms with Crippen LogP contribution in [0.25, 0.3) is 0 Å². The van der Waals surface area contributed by atoms with Crippen molar-refractivity contribution in [3.63, 3.8) is 0 Å². The second-order valence-corrected chi connectivity index (χ2v) is 8.87. The Morgan fingerprint density at radius 1 is 0.889 bits per heavy atom. The van der Waals surface area contributed by atoms with E-state index >= 15 is 0 Å². The molecule has 2 aromatic carbocycles. The predicted molar refractivity (Wildman–Crippen MR) is 130 cm³/mol. The van der Waals surface area contributed by atoms with Gasteiger partial charge in [0.05, 0.1) is 5.56 Å². The normalized spacial score (nSPS) is 18.7. The van der Waals surface area contributed by atoms with Crippen molar-refractivity contribution in [3.8, 4) is 0 Å². The van der Waals surface area contributed by atoms with Crippen molar-refractivity contribution in [2.45, 2.75) is 32.0 Å².